The Hall–Kier alpha value is -8.33. The maximum atomic E-state index is 11.6. The number of aromatic hydroxyl groups is 5. The van der Waals surface area contributed by atoms with Crippen LogP contribution in [0.3, 0.4) is 0 Å². The van der Waals surface area contributed by atoms with Gasteiger partial charge >= 0.3 is 29.8 Å². The number of rotatable bonds is 14. The zero-order valence-electron chi connectivity index (χ0n) is 39.3. The molecule has 6 aromatic carbocycles. The highest BCUT2D eigenvalue weighted by molar-refractivity contribution is 5.91. The number of unbranched alkanes of at least 4 members (excludes halogenated alkanes) is 1. The summed E-state index contributed by atoms with van der Waals surface area (Å²) >= 11 is 0. The fourth-order valence-corrected chi connectivity index (χ4v) is 4.96. The molecule has 0 amide bonds. The normalized spacial score (nSPS) is 9.77. The molecule has 0 heterocycles. The molecule has 15 nitrogen and oxygen atoms in total. The molecule has 69 heavy (non-hydrogen) atoms. The van der Waals surface area contributed by atoms with Crippen LogP contribution < -0.4 is 0 Å². The van der Waals surface area contributed by atoms with Crippen molar-refractivity contribution in [3.8, 4) is 28.7 Å². The largest absolute Gasteiger partial charge is 0.508 e. The van der Waals surface area contributed by atoms with Crippen molar-refractivity contribution in [1.29, 1.82) is 0 Å². The van der Waals surface area contributed by atoms with Crippen LogP contribution in [-0.2, 0) is 30.3 Å². The van der Waals surface area contributed by atoms with Gasteiger partial charge in [-0.05, 0) is 161 Å². The molecule has 0 bridgehead atoms. The third-order valence-electron chi connectivity index (χ3n) is 8.51. The lowest BCUT2D eigenvalue weighted by Gasteiger charge is -2.07. The van der Waals surface area contributed by atoms with Crippen molar-refractivity contribution in [2.75, 3.05) is 19.8 Å². The quantitative estimate of drug-likeness (QED) is 0.0388. The van der Waals surface area contributed by atoms with Crippen LogP contribution in [0.15, 0.2) is 152 Å². The molecule has 366 valence electrons. The van der Waals surface area contributed by atoms with Gasteiger partial charge in [0.1, 0.15) is 35.4 Å². The molecule has 0 aliphatic heterocycles. The summed E-state index contributed by atoms with van der Waals surface area (Å²) in [5, 5.41) is 44.9. The molecule has 0 spiro atoms. The van der Waals surface area contributed by atoms with E-state index in [1.165, 1.54) is 109 Å². The Balaban J connectivity index is 0.000000298. The van der Waals surface area contributed by atoms with Gasteiger partial charge in [-0.25, -0.2) is 24.0 Å². The summed E-state index contributed by atoms with van der Waals surface area (Å²) in [5.74, 6) is -1.10. The van der Waals surface area contributed by atoms with Crippen LogP contribution in [0.5, 0.6) is 28.7 Å². The minimum Gasteiger partial charge on any atom is -0.508 e. The van der Waals surface area contributed by atoms with E-state index < -0.39 is 5.97 Å². The van der Waals surface area contributed by atoms with E-state index in [-0.39, 0.29) is 65.3 Å². The van der Waals surface area contributed by atoms with Crippen molar-refractivity contribution in [2.24, 2.45) is 0 Å². The van der Waals surface area contributed by atoms with Gasteiger partial charge in [-0.3, -0.25) is 0 Å². The van der Waals surface area contributed by atoms with E-state index in [4.69, 9.17) is 49.2 Å². The third kappa shape index (κ3) is 24.1. The average molecular weight is 949 g/mol. The molecule has 6 rings (SSSR count). The van der Waals surface area contributed by atoms with Crippen LogP contribution >= 0.6 is 0 Å². The van der Waals surface area contributed by atoms with E-state index in [0.717, 1.165) is 24.8 Å². The first kappa shape index (κ1) is 56.8. The highest BCUT2D eigenvalue weighted by atomic mass is 16.5. The van der Waals surface area contributed by atoms with Gasteiger partial charge < -0.3 is 49.2 Å². The lowest BCUT2D eigenvalue weighted by molar-refractivity contribution is 0.0375. The van der Waals surface area contributed by atoms with E-state index in [1.807, 2.05) is 44.2 Å². The first-order valence-corrected chi connectivity index (χ1v) is 21.9. The van der Waals surface area contributed by atoms with Crippen molar-refractivity contribution in [1.82, 2.24) is 0 Å². The van der Waals surface area contributed by atoms with Crippen LogP contribution in [0.4, 0.5) is 0 Å². The standard InChI is InChI=1S/C14H12O3.C11H14O3.2C10H12O3.C9H10O3/c15-13-8-6-12(7-9-13)14(16)17-10-11-4-2-1-3-5-11;1-2-3-8-14-11(13)9-4-6-10(12)7-5-9;1-7(2)13-10(12)8-3-5-9(11)6-4-8;1-2-7-13-10(12)8-3-5-9(11)6-4-8;1-2-12-9(11)7-3-5-8(10)6-4-7/h1-9,15H,10H2;4-7,12H,2-3,8H2,1H3;3-7,11H,1-2H3;3-6,11H,2,7H2,1H3;3-6,10H,2H2,1H3. The SMILES string of the molecule is CC(C)OC(=O)c1ccc(O)cc1.CCCCOC(=O)c1ccc(O)cc1.CCCOC(=O)c1ccc(O)cc1.CCOC(=O)c1ccc(O)cc1.O=C(OCc1ccccc1)c1ccc(O)cc1. The number of esters is 5. The second-order valence-electron chi connectivity index (χ2n) is 14.6. The van der Waals surface area contributed by atoms with Crippen LogP contribution in [-0.4, -0.2) is 81.3 Å². The highest BCUT2D eigenvalue weighted by Crippen LogP contribution is 2.15. The number of hydrogen-bond acceptors (Lipinski definition) is 15. The summed E-state index contributed by atoms with van der Waals surface area (Å²) in [6, 6.07) is 39.4. The maximum Gasteiger partial charge on any atom is 0.338 e. The van der Waals surface area contributed by atoms with Gasteiger partial charge in [-0.15, -0.1) is 0 Å². The number of phenolic OH excluding ortho intramolecular Hbond substituents is 5. The fraction of sp³-hybridized carbons (Fsp3) is 0.241. The van der Waals surface area contributed by atoms with Crippen LogP contribution in [0.1, 0.15) is 111 Å². The van der Waals surface area contributed by atoms with Gasteiger partial charge in [0, 0.05) is 0 Å². The molecule has 0 aliphatic rings. The molecule has 0 fully saturated rings. The summed E-state index contributed by atoms with van der Waals surface area (Å²) in [6.45, 7) is 10.8. The molecule has 0 radical (unpaired) electrons. The second kappa shape index (κ2) is 32.4. The molecular weight excluding hydrogens is 889 g/mol. The number of benzene rings is 6. The third-order valence-corrected chi connectivity index (χ3v) is 8.51. The highest BCUT2D eigenvalue weighted by Gasteiger charge is 2.10. The molecule has 6 aromatic rings. The summed E-state index contributed by atoms with van der Waals surface area (Å²) in [7, 11) is 0. The maximum absolute atomic E-state index is 11.6. The Bertz CT molecular complexity index is 2400. The lowest BCUT2D eigenvalue weighted by atomic mass is 10.2. The van der Waals surface area contributed by atoms with Crippen LogP contribution in [0, 0.1) is 0 Å². The summed E-state index contributed by atoms with van der Waals surface area (Å²) in [4.78, 5) is 56.5. The Labute approximate surface area is 402 Å². The van der Waals surface area contributed by atoms with Gasteiger partial charge in [0.2, 0.25) is 0 Å². The fourth-order valence-electron chi connectivity index (χ4n) is 4.96. The predicted molar refractivity (Wildman–Crippen MR) is 258 cm³/mol. The number of ether oxygens (including phenoxy) is 5. The van der Waals surface area contributed by atoms with E-state index in [9.17, 15) is 24.0 Å². The monoisotopic (exact) mass is 948 g/mol. The van der Waals surface area contributed by atoms with Gasteiger partial charge in [0.05, 0.1) is 53.7 Å². The zero-order valence-corrected chi connectivity index (χ0v) is 39.3. The van der Waals surface area contributed by atoms with Crippen LogP contribution in [0.25, 0.3) is 0 Å². The Kier molecular flexibility index (Phi) is 26.6. The van der Waals surface area contributed by atoms with Gasteiger partial charge in [0.15, 0.2) is 0 Å². The summed E-state index contributed by atoms with van der Waals surface area (Å²) < 4.78 is 24.7. The minimum atomic E-state index is -0.395. The van der Waals surface area contributed by atoms with E-state index in [0.29, 0.717) is 47.6 Å². The Morgan fingerprint density at radius 3 is 1.03 bits per heavy atom. The number of carbonyl (C=O) groups is 5. The molecular formula is C54H60O15. The minimum absolute atomic E-state index is 0.124. The van der Waals surface area contributed by atoms with Crippen LogP contribution in [0.2, 0.25) is 0 Å². The topological polar surface area (TPSA) is 233 Å². The smallest absolute Gasteiger partial charge is 0.338 e. The molecule has 0 atom stereocenters. The zero-order chi connectivity index (χ0) is 51.0. The van der Waals surface area contributed by atoms with Crippen molar-refractivity contribution in [3.05, 3.63) is 185 Å². The average Bonchev–Trinajstić information content (AvgIpc) is 3.34. The van der Waals surface area contributed by atoms with Gasteiger partial charge in [-0.1, -0.05) is 50.6 Å². The number of hydrogen-bond donors (Lipinski definition) is 5. The van der Waals surface area contributed by atoms with E-state index >= 15 is 0 Å². The molecule has 0 saturated carbocycles. The number of carbonyl (C=O) groups excluding carboxylic acids is 5. The predicted octanol–water partition coefficient (Wildman–Crippen LogP) is 10.6. The van der Waals surface area contributed by atoms with Crippen molar-refractivity contribution >= 4 is 29.8 Å². The lowest BCUT2D eigenvalue weighted by Crippen LogP contribution is -2.11. The molecule has 0 aromatic heterocycles. The summed E-state index contributed by atoms with van der Waals surface area (Å²) in [6.07, 6.45) is 2.57. The Morgan fingerprint density at radius 1 is 0.391 bits per heavy atom. The molecule has 5 N–H and O–H groups in total. The van der Waals surface area contributed by atoms with E-state index in [2.05, 4.69) is 0 Å². The first-order valence-electron chi connectivity index (χ1n) is 21.9. The van der Waals surface area contributed by atoms with E-state index in [1.54, 1.807) is 32.9 Å². The van der Waals surface area contributed by atoms with Crippen molar-refractivity contribution < 1.29 is 73.2 Å². The summed E-state index contributed by atoms with van der Waals surface area (Å²) in [5.41, 5.74) is 3.21. The van der Waals surface area contributed by atoms with Gasteiger partial charge in [0.25, 0.3) is 0 Å². The number of phenols is 5. The second-order valence-corrected chi connectivity index (χ2v) is 14.6. The van der Waals surface area contributed by atoms with Gasteiger partial charge in [-0.2, -0.15) is 0 Å². The van der Waals surface area contributed by atoms with Crippen molar-refractivity contribution in [3.63, 3.8) is 0 Å². The molecule has 0 unspecified atom stereocenters. The Morgan fingerprint density at radius 2 is 0.710 bits per heavy atom. The first-order chi connectivity index (χ1) is 33.1. The molecule has 0 saturated heterocycles. The molecule has 15 heteroatoms. The van der Waals surface area contributed by atoms with Crippen molar-refractivity contribution in [2.45, 2.75) is 66.6 Å². The molecule has 0 aliphatic carbocycles.